The predicted octanol–water partition coefficient (Wildman–Crippen LogP) is 24.4. The predicted molar refractivity (Wildman–Crippen MR) is 353 cm³/mol. The molecule has 0 spiro atoms. The number of allylic oxidation sites excluding steroid dienone is 14. The summed E-state index contributed by atoms with van der Waals surface area (Å²) in [6, 6.07) is 0. The minimum Gasteiger partial charge on any atom is -0.462 e. The molecule has 0 aromatic carbocycles. The lowest BCUT2D eigenvalue weighted by Crippen LogP contribution is -2.28. The number of rotatable bonds is 65. The van der Waals surface area contributed by atoms with Crippen LogP contribution in [0, 0.1) is 0 Å². The number of aliphatic hydroxyl groups is 1. The zero-order valence-electron chi connectivity index (χ0n) is 53.3. The van der Waals surface area contributed by atoms with Gasteiger partial charge >= 0.3 is 11.9 Å². The van der Waals surface area contributed by atoms with Crippen LogP contribution >= 0.6 is 0 Å². The normalized spacial score (nSPS) is 12.7. The van der Waals surface area contributed by atoms with Crippen LogP contribution in [0.1, 0.15) is 361 Å². The van der Waals surface area contributed by atoms with Crippen LogP contribution in [0.15, 0.2) is 85.1 Å². The highest BCUT2D eigenvalue weighted by Gasteiger charge is 2.16. The van der Waals surface area contributed by atoms with Gasteiger partial charge in [0.1, 0.15) is 6.61 Å². The Morgan fingerprint density at radius 2 is 0.537 bits per heavy atom. The monoisotopic (exact) mass is 1120 g/mol. The number of carbonyl (C=O) groups is 2. The fourth-order valence-electron chi connectivity index (χ4n) is 10.5. The van der Waals surface area contributed by atoms with E-state index >= 15 is 0 Å². The van der Waals surface area contributed by atoms with E-state index in [1.807, 2.05) is 0 Å². The summed E-state index contributed by atoms with van der Waals surface area (Å²) in [5.74, 6) is -0.570. The smallest absolute Gasteiger partial charge is 0.306 e. The Labute approximate surface area is 498 Å². The van der Waals surface area contributed by atoms with Gasteiger partial charge in [0.05, 0.1) is 6.61 Å². The molecule has 0 heterocycles. The highest BCUT2D eigenvalue weighted by molar-refractivity contribution is 5.70. The number of hydrogen-bond acceptors (Lipinski definition) is 5. The molecule has 5 heteroatoms. The number of ether oxygens (including phenoxy) is 2. The molecular formula is C75H134O5. The second kappa shape index (κ2) is 70.3. The van der Waals surface area contributed by atoms with Crippen molar-refractivity contribution in [3.05, 3.63) is 85.1 Å². The number of aliphatic hydroxyl groups excluding tert-OH is 1. The molecule has 0 bridgehead atoms. The van der Waals surface area contributed by atoms with E-state index in [1.165, 1.54) is 257 Å². The van der Waals surface area contributed by atoms with Gasteiger partial charge in [-0.3, -0.25) is 9.59 Å². The second-order valence-corrected chi connectivity index (χ2v) is 23.6. The summed E-state index contributed by atoms with van der Waals surface area (Å²) in [4.78, 5) is 24.6. The van der Waals surface area contributed by atoms with Crippen LogP contribution in [-0.4, -0.2) is 36.4 Å². The Bertz CT molecular complexity index is 1450. The van der Waals surface area contributed by atoms with E-state index in [4.69, 9.17) is 9.47 Å². The lowest BCUT2D eigenvalue weighted by molar-refractivity contribution is -0.161. The third-order valence-electron chi connectivity index (χ3n) is 15.7. The number of hydrogen-bond donors (Lipinski definition) is 1. The summed E-state index contributed by atoms with van der Waals surface area (Å²) in [5.41, 5.74) is 0. The average molecular weight is 1120 g/mol. The van der Waals surface area contributed by atoms with Crippen molar-refractivity contribution >= 4 is 11.9 Å². The fraction of sp³-hybridized carbons (Fsp3) is 0.787. The van der Waals surface area contributed by atoms with Crippen molar-refractivity contribution in [1.29, 1.82) is 0 Å². The molecule has 0 aliphatic rings. The molecule has 80 heavy (non-hydrogen) atoms. The van der Waals surface area contributed by atoms with Gasteiger partial charge in [-0.2, -0.15) is 0 Å². The molecule has 0 aliphatic carbocycles. The van der Waals surface area contributed by atoms with Crippen molar-refractivity contribution in [1.82, 2.24) is 0 Å². The Morgan fingerprint density at radius 1 is 0.300 bits per heavy atom. The molecular weight excluding hydrogens is 981 g/mol. The minimum atomic E-state index is -0.772. The number of esters is 2. The standard InChI is InChI=1S/C75H134O5/c1-3-5-7-9-11-13-15-17-19-21-23-25-27-29-30-31-32-33-34-35-36-37-38-39-40-41-42-43-44-46-48-50-52-54-56-58-60-62-64-66-68-70-75(78)80-73(71-76)72-79-74(77)69-67-65-63-61-59-57-55-53-51-49-47-45-28-26-24-22-20-18-16-14-12-10-8-6-4-2/h5,7,11,13,17,19,23,25,29-30,32-33,35-36,73,76H,3-4,6,8-10,12,14-16,18,20-22,24,26-28,31,34,37-72H2,1-2H3/b7-5-,13-11-,19-17-,25-23-,30-29-,33-32-,36-35-. The van der Waals surface area contributed by atoms with Gasteiger partial charge in [-0.25, -0.2) is 0 Å². The van der Waals surface area contributed by atoms with Crippen molar-refractivity contribution in [2.45, 2.75) is 367 Å². The Hall–Kier alpha value is -2.92. The topological polar surface area (TPSA) is 72.8 Å². The van der Waals surface area contributed by atoms with Crippen LogP contribution in [0.3, 0.4) is 0 Å². The Kier molecular flexibility index (Phi) is 67.8. The minimum absolute atomic E-state index is 0.0614. The molecule has 0 aromatic rings. The summed E-state index contributed by atoms with van der Waals surface area (Å²) in [5, 5.41) is 9.70. The van der Waals surface area contributed by atoms with E-state index in [1.54, 1.807) is 0 Å². The van der Waals surface area contributed by atoms with Gasteiger partial charge < -0.3 is 14.6 Å². The van der Waals surface area contributed by atoms with Crippen molar-refractivity contribution in [2.75, 3.05) is 13.2 Å². The maximum absolute atomic E-state index is 12.4. The summed E-state index contributed by atoms with van der Waals surface area (Å²) < 4.78 is 10.8. The van der Waals surface area contributed by atoms with Gasteiger partial charge in [-0.05, 0) is 70.6 Å². The SMILES string of the molecule is CC/C=C\C/C=C\C/C=C\C/C=C\C/C=C\C/C=C\C/C=C\CCCCCCCCCCCCCCCCCCCCCC(=O)OC(CO)COC(=O)CCCCCCCCCCCCCCCCCCCCCCCCCCC. The molecule has 0 aromatic heterocycles. The molecule has 0 saturated heterocycles. The van der Waals surface area contributed by atoms with E-state index in [0.717, 1.165) is 77.0 Å². The number of carbonyl (C=O) groups excluding carboxylic acids is 2. The van der Waals surface area contributed by atoms with E-state index < -0.39 is 6.10 Å². The highest BCUT2D eigenvalue weighted by Crippen LogP contribution is 2.18. The lowest BCUT2D eigenvalue weighted by atomic mass is 10.0. The van der Waals surface area contributed by atoms with Gasteiger partial charge in [-0.15, -0.1) is 0 Å². The molecule has 0 saturated carbocycles. The average Bonchev–Trinajstić information content (AvgIpc) is 3.46. The molecule has 0 radical (unpaired) electrons. The molecule has 464 valence electrons. The van der Waals surface area contributed by atoms with Gasteiger partial charge in [-0.1, -0.05) is 362 Å². The first-order chi connectivity index (χ1) is 39.6. The van der Waals surface area contributed by atoms with Crippen molar-refractivity contribution < 1.29 is 24.2 Å². The van der Waals surface area contributed by atoms with Crippen LogP contribution in [0.5, 0.6) is 0 Å². The quantitative estimate of drug-likeness (QED) is 0.0373. The summed E-state index contributed by atoms with van der Waals surface area (Å²) in [6.07, 6.45) is 99.1. The van der Waals surface area contributed by atoms with Crippen molar-refractivity contribution in [2.24, 2.45) is 0 Å². The summed E-state index contributed by atoms with van der Waals surface area (Å²) >= 11 is 0. The molecule has 0 amide bonds. The summed E-state index contributed by atoms with van der Waals surface area (Å²) in [7, 11) is 0. The maximum atomic E-state index is 12.4. The summed E-state index contributed by atoms with van der Waals surface area (Å²) in [6.45, 7) is 4.08. The number of unbranched alkanes of at least 4 members (excludes halogenated alkanes) is 43. The van der Waals surface area contributed by atoms with Crippen molar-refractivity contribution in [3.8, 4) is 0 Å². The van der Waals surface area contributed by atoms with Gasteiger partial charge in [0.2, 0.25) is 0 Å². The molecule has 0 aliphatic heterocycles. The zero-order chi connectivity index (χ0) is 57.6. The fourth-order valence-corrected chi connectivity index (χ4v) is 10.5. The Balaban J connectivity index is 3.43. The van der Waals surface area contributed by atoms with Gasteiger partial charge in [0, 0.05) is 12.8 Å². The van der Waals surface area contributed by atoms with Crippen molar-refractivity contribution in [3.63, 3.8) is 0 Å². The van der Waals surface area contributed by atoms with Gasteiger partial charge in [0.15, 0.2) is 6.10 Å². The molecule has 1 atom stereocenters. The van der Waals surface area contributed by atoms with Gasteiger partial charge in [0.25, 0.3) is 0 Å². The highest BCUT2D eigenvalue weighted by atomic mass is 16.6. The molecule has 0 rings (SSSR count). The first-order valence-corrected chi connectivity index (χ1v) is 35.1. The first kappa shape index (κ1) is 77.1. The van der Waals surface area contributed by atoms with E-state index in [-0.39, 0.29) is 25.2 Å². The molecule has 0 fully saturated rings. The van der Waals surface area contributed by atoms with Crippen LogP contribution < -0.4 is 0 Å². The second-order valence-electron chi connectivity index (χ2n) is 23.6. The third-order valence-corrected chi connectivity index (χ3v) is 15.7. The van der Waals surface area contributed by atoms with Crippen LogP contribution in [0.2, 0.25) is 0 Å². The zero-order valence-corrected chi connectivity index (χ0v) is 53.3. The third kappa shape index (κ3) is 67.6. The molecule has 5 nitrogen and oxygen atoms in total. The van der Waals surface area contributed by atoms with Crippen LogP contribution in [0.4, 0.5) is 0 Å². The van der Waals surface area contributed by atoms with E-state index in [0.29, 0.717) is 12.8 Å². The maximum Gasteiger partial charge on any atom is 0.306 e. The van der Waals surface area contributed by atoms with Crippen LogP contribution in [-0.2, 0) is 19.1 Å². The molecule has 1 unspecified atom stereocenters. The Morgan fingerprint density at radius 3 is 0.812 bits per heavy atom. The largest absolute Gasteiger partial charge is 0.462 e. The molecule has 1 N–H and O–H groups in total. The lowest BCUT2D eigenvalue weighted by Gasteiger charge is -2.15. The van der Waals surface area contributed by atoms with E-state index in [2.05, 4.69) is 98.9 Å². The van der Waals surface area contributed by atoms with E-state index in [9.17, 15) is 14.7 Å². The van der Waals surface area contributed by atoms with Crippen LogP contribution in [0.25, 0.3) is 0 Å². The first-order valence-electron chi connectivity index (χ1n) is 35.1.